The number of para-hydroxylation sites is 1. The highest BCUT2D eigenvalue weighted by Gasteiger charge is 2.20. The second-order valence-corrected chi connectivity index (χ2v) is 6.87. The molecule has 1 aliphatic rings. The third kappa shape index (κ3) is 7.02. The first-order chi connectivity index (χ1) is 13.8. The molecule has 0 saturated carbocycles. The number of aliphatic imine (C=N–C) groups is 1. The second-order valence-electron chi connectivity index (χ2n) is 6.87. The Morgan fingerprint density at radius 2 is 1.76 bits per heavy atom. The van der Waals surface area contributed by atoms with Crippen LogP contribution in [0.1, 0.15) is 13.3 Å². The summed E-state index contributed by atoms with van der Waals surface area (Å²) in [5.41, 5.74) is 1.25. The molecule has 2 heterocycles. The number of aromatic nitrogens is 2. The minimum Gasteiger partial charge on any atom is -0.375 e. The van der Waals surface area contributed by atoms with Crippen LogP contribution in [0.3, 0.4) is 0 Å². The fourth-order valence-corrected chi connectivity index (χ4v) is 3.30. The maximum Gasteiger partial charge on any atom is 0.225 e. The second kappa shape index (κ2) is 12.5. The number of hydrogen-bond acceptors (Lipinski definition) is 5. The quantitative estimate of drug-likeness (QED) is 0.268. The Labute approximate surface area is 191 Å². The van der Waals surface area contributed by atoms with Crippen molar-refractivity contribution in [3.63, 3.8) is 0 Å². The van der Waals surface area contributed by atoms with Gasteiger partial charge in [-0.3, -0.25) is 4.99 Å². The van der Waals surface area contributed by atoms with Gasteiger partial charge in [-0.25, -0.2) is 9.97 Å². The molecule has 158 valence electrons. The minimum absolute atomic E-state index is 0. The fraction of sp³-hybridized carbons (Fsp3) is 0.476. The first-order valence-electron chi connectivity index (χ1n) is 10.1. The van der Waals surface area contributed by atoms with E-state index < -0.39 is 0 Å². The largest absolute Gasteiger partial charge is 0.375 e. The minimum atomic E-state index is 0. The number of benzene rings is 1. The van der Waals surface area contributed by atoms with Crippen molar-refractivity contribution < 1.29 is 0 Å². The third-order valence-electron chi connectivity index (χ3n) is 4.86. The van der Waals surface area contributed by atoms with Crippen LogP contribution in [0.4, 0.5) is 11.6 Å². The zero-order valence-electron chi connectivity index (χ0n) is 17.4. The highest BCUT2D eigenvalue weighted by molar-refractivity contribution is 14.0. The first-order valence-corrected chi connectivity index (χ1v) is 10.1. The number of nitrogens with zero attached hydrogens (tertiary/aromatic N) is 6. The molecule has 1 saturated heterocycles. The van der Waals surface area contributed by atoms with E-state index in [1.807, 2.05) is 12.1 Å². The standard InChI is InChI=1S/C21H31N7.HI/c1-3-22-20(25-13-8-14-26(2)19-9-5-4-6-10-19)27-15-17-28(18-16-27)21-23-11-7-12-24-21;/h4-7,9-12H,3,8,13-18H2,1-2H3,(H,22,25);1H. The van der Waals surface area contributed by atoms with E-state index in [2.05, 4.69) is 68.2 Å². The number of rotatable bonds is 7. The molecule has 0 spiro atoms. The maximum atomic E-state index is 4.86. The van der Waals surface area contributed by atoms with Gasteiger partial charge in [-0.15, -0.1) is 24.0 Å². The Kier molecular flexibility index (Phi) is 9.96. The van der Waals surface area contributed by atoms with Gasteiger partial charge in [0.15, 0.2) is 5.96 Å². The number of anilines is 2. The summed E-state index contributed by atoms with van der Waals surface area (Å²) in [6.07, 6.45) is 4.62. The predicted octanol–water partition coefficient (Wildman–Crippen LogP) is 2.71. The Bertz CT molecular complexity index is 718. The Morgan fingerprint density at radius 1 is 1.07 bits per heavy atom. The summed E-state index contributed by atoms with van der Waals surface area (Å²) >= 11 is 0. The van der Waals surface area contributed by atoms with Crippen molar-refractivity contribution in [3.05, 3.63) is 48.8 Å². The van der Waals surface area contributed by atoms with Crippen molar-refractivity contribution in [2.24, 2.45) is 4.99 Å². The lowest BCUT2D eigenvalue weighted by Crippen LogP contribution is -2.53. The summed E-state index contributed by atoms with van der Waals surface area (Å²) in [6.45, 7) is 8.48. The summed E-state index contributed by atoms with van der Waals surface area (Å²) in [7, 11) is 2.13. The molecule has 2 aromatic rings. The van der Waals surface area contributed by atoms with Gasteiger partial charge in [-0.2, -0.15) is 0 Å². The smallest absolute Gasteiger partial charge is 0.225 e. The van der Waals surface area contributed by atoms with Gasteiger partial charge in [0.05, 0.1) is 0 Å². The van der Waals surface area contributed by atoms with Gasteiger partial charge in [-0.05, 0) is 31.5 Å². The van der Waals surface area contributed by atoms with Crippen molar-refractivity contribution in [2.45, 2.75) is 13.3 Å². The lowest BCUT2D eigenvalue weighted by molar-refractivity contribution is 0.370. The van der Waals surface area contributed by atoms with Crippen LogP contribution in [0.15, 0.2) is 53.8 Å². The SMILES string of the molecule is CCNC(=NCCCN(C)c1ccccc1)N1CCN(c2ncccn2)CC1.I. The van der Waals surface area contributed by atoms with Crippen LogP contribution in [0.2, 0.25) is 0 Å². The molecule has 0 bridgehead atoms. The average Bonchev–Trinajstić information content (AvgIpc) is 2.77. The number of hydrogen-bond donors (Lipinski definition) is 1. The monoisotopic (exact) mass is 509 g/mol. The van der Waals surface area contributed by atoms with Crippen molar-refractivity contribution >= 4 is 41.6 Å². The van der Waals surface area contributed by atoms with Crippen molar-refractivity contribution in [1.82, 2.24) is 20.2 Å². The lowest BCUT2D eigenvalue weighted by Gasteiger charge is -2.36. The van der Waals surface area contributed by atoms with E-state index >= 15 is 0 Å². The number of piperazine rings is 1. The molecule has 8 heteroatoms. The van der Waals surface area contributed by atoms with Crippen molar-refractivity contribution in [2.75, 3.05) is 62.7 Å². The molecule has 1 aromatic carbocycles. The molecule has 1 N–H and O–H groups in total. The first kappa shape index (κ1) is 23.2. The zero-order chi connectivity index (χ0) is 19.6. The molecule has 0 unspecified atom stereocenters. The van der Waals surface area contributed by atoms with E-state index in [4.69, 9.17) is 4.99 Å². The molecule has 7 nitrogen and oxygen atoms in total. The van der Waals surface area contributed by atoms with E-state index in [0.717, 1.165) is 64.1 Å². The molecule has 0 atom stereocenters. The lowest BCUT2D eigenvalue weighted by atomic mass is 10.3. The summed E-state index contributed by atoms with van der Waals surface area (Å²) in [5, 5.41) is 3.44. The van der Waals surface area contributed by atoms with E-state index in [1.165, 1.54) is 5.69 Å². The van der Waals surface area contributed by atoms with Gasteiger partial charge in [-0.1, -0.05) is 18.2 Å². The molecule has 1 aliphatic heterocycles. The topological polar surface area (TPSA) is 59.9 Å². The van der Waals surface area contributed by atoms with Gasteiger partial charge < -0.3 is 20.0 Å². The van der Waals surface area contributed by atoms with E-state index in [9.17, 15) is 0 Å². The molecule has 0 radical (unpaired) electrons. The Hall–Kier alpha value is -2.10. The predicted molar refractivity (Wildman–Crippen MR) is 132 cm³/mol. The summed E-state index contributed by atoms with van der Waals surface area (Å²) in [6, 6.07) is 12.3. The highest BCUT2D eigenvalue weighted by Crippen LogP contribution is 2.12. The number of nitrogens with one attached hydrogen (secondary N) is 1. The Balaban J connectivity index is 0.00000300. The molecule has 1 fully saturated rings. The van der Waals surface area contributed by atoms with Crippen LogP contribution in [0.25, 0.3) is 0 Å². The van der Waals surface area contributed by atoms with Crippen LogP contribution in [-0.4, -0.2) is 73.7 Å². The van der Waals surface area contributed by atoms with Gasteiger partial charge in [0, 0.05) is 70.9 Å². The molecule has 0 amide bonds. The van der Waals surface area contributed by atoms with Crippen molar-refractivity contribution in [1.29, 1.82) is 0 Å². The molecule has 1 aromatic heterocycles. The number of halogens is 1. The number of guanidine groups is 1. The Morgan fingerprint density at radius 3 is 2.41 bits per heavy atom. The zero-order valence-corrected chi connectivity index (χ0v) is 19.7. The summed E-state index contributed by atoms with van der Waals surface area (Å²) in [4.78, 5) is 20.4. The fourth-order valence-electron chi connectivity index (χ4n) is 3.30. The van der Waals surface area contributed by atoms with E-state index in [1.54, 1.807) is 12.4 Å². The van der Waals surface area contributed by atoms with Crippen LogP contribution in [-0.2, 0) is 0 Å². The maximum absolute atomic E-state index is 4.86. The average molecular weight is 509 g/mol. The van der Waals surface area contributed by atoms with E-state index in [0.29, 0.717) is 0 Å². The molecular weight excluding hydrogens is 477 g/mol. The molecule has 0 aliphatic carbocycles. The van der Waals surface area contributed by atoms with Crippen LogP contribution in [0.5, 0.6) is 0 Å². The highest BCUT2D eigenvalue weighted by atomic mass is 127. The van der Waals surface area contributed by atoms with E-state index in [-0.39, 0.29) is 24.0 Å². The van der Waals surface area contributed by atoms with Gasteiger partial charge >= 0.3 is 0 Å². The molecule has 29 heavy (non-hydrogen) atoms. The summed E-state index contributed by atoms with van der Waals surface area (Å²) < 4.78 is 0. The summed E-state index contributed by atoms with van der Waals surface area (Å²) in [5.74, 6) is 1.83. The molecule has 3 rings (SSSR count). The third-order valence-corrected chi connectivity index (χ3v) is 4.86. The van der Waals surface area contributed by atoms with Gasteiger partial charge in [0.1, 0.15) is 0 Å². The van der Waals surface area contributed by atoms with Crippen LogP contribution in [0, 0.1) is 0 Å². The van der Waals surface area contributed by atoms with Crippen LogP contribution < -0.4 is 15.1 Å². The normalized spacial score (nSPS) is 14.3. The van der Waals surface area contributed by atoms with Crippen molar-refractivity contribution in [3.8, 4) is 0 Å². The van der Waals surface area contributed by atoms with Gasteiger partial charge in [0.25, 0.3) is 0 Å². The molecular formula is C21H32IN7. The van der Waals surface area contributed by atoms with Gasteiger partial charge in [0.2, 0.25) is 5.95 Å². The van der Waals surface area contributed by atoms with Crippen LogP contribution >= 0.6 is 24.0 Å².